The van der Waals surface area contributed by atoms with Crippen LogP contribution in [0.1, 0.15) is 20.8 Å². The molecule has 1 heterocycles. The molecule has 1 fully saturated rings. The first-order chi connectivity index (χ1) is 7.91. The fraction of sp³-hybridized carbons (Fsp3) is 0.700. The van der Waals surface area contributed by atoms with Crippen molar-refractivity contribution < 1.29 is 14.4 Å². The van der Waals surface area contributed by atoms with Crippen molar-refractivity contribution in [2.75, 3.05) is 26.7 Å². The van der Waals surface area contributed by atoms with Crippen LogP contribution in [0.2, 0.25) is 0 Å². The van der Waals surface area contributed by atoms with Crippen LogP contribution in [0.4, 0.5) is 0 Å². The fourth-order valence-corrected chi connectivity index (χ4v) is 1.50. The number of nitrogens with zero attached hydrogens (tertiary/aromatic N) is 3. The van der Waals surface area contributed by atoms with Crippen LogP contribution < -0.4 is 5.32 Å². The predicted octanol–water partition coefficient (Wildman–Crippen LogP) is -1.03. The Hall–Kier alpha value is -1.63. The second-order valence-electron chi connectivity index (χ2n) is 4.03. The Bertz CT molecular complexity index is 308. The molecule has 0 aromatic heterocycles. The summed E-state index contributed by atoms with van der Waals surface area (Å²) in [5.74, 6) is -0.385. The molecule has 0 saturated carbocycles. The lowest BCUT2D eigenvalue weighted by atomic mass is 10.4. The van der Waals surface area contributed by atoms with Gasteiger partial charge in [0.15, 0.2) is 0 Å². The normalized spacial score (nSPS) is 17.5. The summed E-state index contributed by atoms with van der Waals surface area (Å²) in [6, 6.07) is 0. The number of rotatable bonds is 0. The van der Waals surface area contributed by atoms with E-state index in [2.05, 4.69) is 5.32 Å². The van der Waals surface area contributed by atoms with Crippen molar-refractivity contribution in [3.05, 3.63) is 0 Å². The molecule has 1 N–H and O–H groups in total. The number of amides is 3. The zero-order valence-electron chi connectivity index (χ0n) is 10.4. The van der Waals surface area contributed by atoms with Gasteiger partial charge in [0.2, 0.25) is 17.7 Å². The van der Waals surface area contributed by atoms with Crippen molar-refractivity contribution in [3.8, 4) is 0 Å². The Morgan fingerprint density at radius 2 is 1.12 bits per heavy atom. The Balaban J connectivity index is 2.77. The van der Waals surface area contributed by atoms with Gasteiger partial charge in [-0.1, -0.05) is 0 Å². The summed E-state index contributed by atoms with van der Waals surface area (Å²) < 4.78 is 0. The van der Waals surface area contributed by atoms with Gasteiger partial charge in [-0.15, -0.1) is 0 Å². The van der Waals surface area contributed by atoms with E-state index in [-0.39, 0.29) is 31.1 Å². The SMILES string of the molecule is CC(=O)N1CNCN(C(C)=O)CN(C(C)=O)C1. The maximum atomic E-state index is 11.4. The van der Waals surface area contributed by atoms with Gasteiger partial charge in [0.25, 0.3) is 0 Å². The van der Waals surface area contributed by atoms with E-state index in [9.17, 15) is 14.4 Å². The average Bonchev–Trinajstić information content (AvgIpc) is 2.15. The van der Waals surface area contributed by atoms with E-state index >= 15 is 0 Å². The summed E-state index contributed by atoms with van der Waals surface area (Å²) in [5.41, 5.74) is 0. The molecule has 17 heavy (non-hydrogen) atoms. The zero-order valence-corrected chi connectivity index (χ0v) is 10.4. The predicted molar refractivity (Wildman–Crippen MR) is 60.2 cm³/mol. The van der Waals surface area contributed by atoms with Gasteiger partial charge >= 0.3 is 0 Å². The number of carbonyl (C=O) groups is 3. The second kappa shape index (κ2) is 5.62. The lowest BCUT2D eigenvalue weighted by molar-refractivity contribution is -0.145. The van der Waals surface area contributed by atoms with Gasteiger partial charge in [-0.05, 0) is 0 Å². The van der Waals surface area contributed by atoms with E-state index in [0.29, 0.717) is 13.3 Å². The third-order valence-corrected chi connectivity index (χ3v) is 2.62. The number of nitrogens with one attached hydrogen (secondary N) is 1. The summed E-state index contributed by atoms with van der Waals surface area (Å²) in [6.45, 7) is 5.36. The van der Waals surface area contributed by atoms with Crippen LogP contribution in [0.15, 0.2) is 0 Å². The van der Waals surface area contributed by atoms with Crippen molar-refractivity contribution in [3.63, 3.8) is 0 Å². The monoisotopic (exact) mass is 242 g/mol. The van der Waals surface area contributed by atoms with Gasteiger partial charge < -0.3 is 14.7 Å². The van der Waals surface area contributed by atoms with Crippen molar-refractivity contribution in [1.82, 2.24) is 20.0 Å². The standard InChI is InChI=1S/C10H18N4O3/c1-8(15)12-4-11-5-13(9(2)16)7-14(6-12)10(3)17/h11H,4-7H2,1-3H3. The van der Waals surface area contributed by atoms with Crippen LogP contribution in [0, 0.1) is 0 Å². The van der Waals surface area contributed by atoms with E-state index in [1.807, 2.05) is 0 Å². The van der Waals surface area contributed by atoms with Crippen LogP contribution in [-0.4, -0.2) is 59.1 Å². The molecular weight excluding hydrogens is 224 g/mol. The first kappa shape index (κ1) is 13.4. The molecule has 7 nitrogen and oxygen atoms in total. The van der Waals surface area contributed by atoms with Crippen LogP contribution >= 0.6 is 0 Å². The molecule has 0 aromatic carbocycles. The minimum Gasteiger partial charge on any atom is -0.312 e. The Labute approximate surface area is 100 Å². The van der Waals surface area contributed by atoms with E-state index in [1.165, 1.54) is 35.5 Å². The van der Waals surface area contributed by atoms with Gasteiger partial charge in [-0.3, -0.25) is 19.7 Å². The average molecular weight is 242 g/mol. The zero-order chi connectivity index (χ0) is 13.0. The fourth-order valence-electron chi connectivity index (χ4n) is 1.50. The van der Waals surface area contributed by atoms with Gasteiger partial charge in [-0.2, -0.15) is 0 Å². The topological polar surface area (TPSA) is 73.0 Å². The summed E-state index contributed by atoms with van der Waals surface area (Å²) in [5, 5.41) is 2.98. The second-order valence-corrected chi connectivity index (χ2v) is 4.03. The maximum Gasteiger partial charge on any atom is 0.222 e. The van der Waals surface area contributed by atoms with Crippen molar-refractivity contribution in [2.24, 2.45) is 0 Å². The molecule has 0 aromatic rings. The Morgan fingerprint density at radius 3 is 1.41 bits per heavy atom. The summed E-state index contributed by atoms with van der Waals surface area (Å²) in [7, 11) is 0. The summed E-state index contributed by atoms with van der Waals surface area (Å²) >= 11 is 0. The van der Waals surface area contributed by atoms with Crippen LogP contribution in [0.5, 0.6) is 0 Å². The minimum atomic E-state index is -0.163. The molecule has 0 atom stereocenters. The van der Waals surface area contributed by atoms with Gasteiger partial charge in [0.05, 0.1) is 26.7 Å². The molecule has 1 saturated heterocycles. The molecular formula is C10H18N4O3. The van der Waals surface area contributed by atoms with Crippen LogP contribution in [0.3, 0.4) is 0 Å². The highest BCUT2D eigenvalue weighted by Gasteiger charge is 2.22. The van der Waals surface area contributed by atoms with Gasteiger partial charge in [0.1, 0.15) is 0 Å². The highest BCUT2D eigenvalue weighted by Crippen LogP contribution is 2.02. The smallest absolute Gasteiger partial charge is 0.222 e. The molecule has 1 aliphatic heterocycles. The number of carbonyl (C=O) groups excluding carboxylic acids is 3. The highest BCUT2D eigenvalue weighted by atomic mass is 16.2. The largest absolute Gasteiger partial charge is 0.312 e. The minimum absolute atomic E-state index is 0.111. The molecule has 7 heteroatoms. The molecule has 96 valence electrons. The van der Waals surface area contributed by atoms with Crippen LogP contribution in [0.25, 0.3) is 0 Å². The summed E-state index contributed by atoms with van der Waals surface area (Å²) in [4.78, 5) is 38.5. The number of hydrogen-bond acceptors (Lipinski definition) is 4. The van der Waals surface area contributed by atoms with Gasteiger partial charge in [-0.25, -0.2) is 0 Å². The van der Waals surface area contributed by atoms with E-state index in [4.69, 9.17) is 0 Å². The van der Waals surface area contributed by atoms with Crippen molar-refractivity contribution in [2.45, 2.75) is 20.8 Å². The van der Waals surface area contributed by atoms with Crippen LogP contribution in [-0.2, 0) is 14.4 Å². The van der Waals surface area contributed by atoms with Gasteiger partial charge in [0, 0.05) is 20.8 Å². The molecule has 0 bridgehead atoms. The molecule has 1 rings (SSSR count). The maximum absolute atomic E-state index is 11.4. The Kier molecular flexibility index (Phi) is 4.45. The molecule has 0 radical (unpaired) electrons. The first-order valence-corrected chi connectivity index (χ1v) is 5.39. The van der Waals surface area contributed by atoms with E-state index in [1.54, 1.807) is 0 Å². The summed E-state index contributed by atoms with van der Waals surface area (Å²) in [6.07, 6.45) is 0. The highest BCUT2D eigenvalue weighted by molar-refractivity contribution is 5.77. The van der Waals surface area contributed by atoms with E-state index < -0.39 is 0 Å². The van der Waals surface area contributed by atoms with E-state index in [0.717, 1.165) is 0 Å². The molecule has 0 aliphatic carbocycles. The first-order valence-electron chi connectivity index (χ1n) is 5.39. The third-order valence-electron chi connectivity index (χ3n) is 2.62. The third kappa shape index (κ3) is 3.70. The Morgan fingerprint density at radius 1 is 0.765 bits per heavy atom. The molecule has 3 amide bonds. The van der Waals surface area contributed by atoms with Crippen molar-refractivity contribution >= 4 is 17.7 Å². The molecule has 0 spiro atoms. The lowest BCUT2D eigenvalue weighted by Crippen LogP contribution is -2.56. The molecule has 0 unspecified atom stereocenters. The van der Waals surface area contributed by atoms with Crippen molar-refractivity contribution in [1.29, 1.82) is 0 Å². The lowest BCUT2D eigenvalue weighted by Gasteiger charge is -2.36. The number of hydrogen-bond donors (Lipinski definition) is 1. The molecule has 1 aliphatic rings. The quantitative estimate of drug-likeness (QED) is 0.589.